The number of hydrogen-bond acceptors (Lipinski definition) is 6. The Morgan fingerprint density at radius 1 is 1.40 bits per heavy atom. The fourth-order valence-electron chi connectivity index (χ4n) is 2.14. The number of hydrogen-bond donors (Lipinski definition) is 0. The van der Waals surface area contributed by atoms with Crippen molar-refractivity contribution < 1.29 is 12.9 Å². The highest BCUT2D eigenvalue weighted by Gasteiger charge is 2.29. The molecule has 0 unspecified atom stereocenters. The van der Waals surface area contributed by atoms with Crippen LogP contribution in [0.4, 0.5) is 0 Å². The van der Waals surface area contributed by atoms with Gasteiger partial charge in [-0.2, -0.15) is 9.29 Å². The predicted octanol–water partition coefficient (Wildman–Crippen LogP) is 2.15. The summed E-state index contributed by atoms with van der Waals surface area (Å²) in [6.45, 7) is 3.14. The van der Waals surface area contributed by atoms with Crippen molar-refractivity contribution >= 4 is 21.4 Å². The minimum Gasteiger partial charge on any atom is -0.339 e. The summed E-state index contributed by atoms with van der Waals surface area (Å²) in [5.74, 6) is 0.996. The molecule has 0 amide bonds. The quantitative estimate of drug-likeness (QED) is 0.864. The van der Waals surface area contributed by atoms with Crippen LogP contribution < -0.4 is 0 Å². The normalized spacial score (nSPS) is 16.9. The van der Waals surface area contributed by atoms with Crippen LogP contribution in [0.3, 0.4) is 0 Å². The molecule has 1 aliphatic rings. The van der Waals surface area contributed by atoms with Gasteiger partial charge in [0.1, 0.15) is 4.21 Å². The second-order valence-corrected chi connectivity index (χ2v) is 7.71. The summed E-state index contributed by atoms with van der Waals surface area (Å²) in [6, 6.07) is 1.63. The fraction of sp³-hybridized carbons (Fsp3) is 0.500. The van der Waals surface area contributed by atoms with Crippen LogP contribution in [0.25, 0.3) is 11.4 Å². The van der Waals surface area contributed by atoms with E-state index >= 15 is 0 Å². The van der Waals surface area contributed by atoms with Crippen LogP contribution in [0.1, 0.15) is 25.7 Å². The van der Waals surface area contributed by atoms with E-state index in [-0.39, 0.29) is 0 Å². The number of aromatic nitrogens is 2. The van der Waals surface area contributed by atoms with Gasteiger partial charge < -0.3 is 4.52 Å². The minimum atomic E-state index is -3.36. The van der Waals surface area contributed by atoms with Crippen LogP contribution in [0.15, 0.2) is 20.2 Å². The lowest BCUT2D eigenvalue weighted by molar-refractivity contribution is 0.383. The van der Waals surface area contributed by atoms with Crippen LogP contribution >= 0.6 is 11.3 Å². The molecular formula is C12H15N3O3S2. The molecule has 1 fully saturated rings. The molecule has 0 radical (unpaired) electrons. The van der Waals surface area contributed by atoms with Gasteiger partial charge in [0, 0.05) is 30.5 Å². The van der Waals surface area contributed by atoms with Crippen LogP contribution in [-0.4, -0.2) is 36.0 Å². The molecule has 3 heterocycles. The van der Waals surface area contributed by atoms with Crippen molar-refractivity contribution in [1.29, 1.82) is 0 Å². The average molecular weight is 313 g/mol. The molecule has 2 aromatic heterocycles. The Morgan fingerprint density at radius 2 is 2.15 bits per heavy atom. The second-order valence-electron chi connectivity index (χ2n) is 4.63. The smallest absolute Gasteiger partial charge is 0.252 e. The van der Waals surface area contributed by atoms with E-state index in [2.05, 4.69) is 10.1 Å². The molecule has 0 aromatic carbocycles. The molecule has 20 heavy (non-hydrogen) atoms. The van der Waals surface area contributed by atoms with Gasteiger partial charge in [0.15, 0.2) is 0 Å². The summed E-state index contributed by atoms with van der Waals surface area (Å²) in [6.07, 6.45) is 2.53. The Bertz CT molecular complexity index is 699. The first-order valence-corrected chi connectivity index (χ1v) is 8.85. The number of aryl methyl sites for hydroxylation is 1. The van der Waals surface area contributed by atoms with Crippen molar-refractivity contribution in [3.8, 4) is 11.4 Å². The number of sulfonamides is 1. The zero-order valence-corrected chi connectivity index (χ0v) is 12.7. The van der Waals surface area contributed by atoms with E-state index in [0.29, 0.717) is 41.0 Å². The van der Waals surface area contributed by atoms with E-state index in [1.165, 1.54) is 15.6 Å². The monoisotopic (exact) mass is 313 g/mol. The molecule has 0 atom stereocenters. The summed E-state index contributed by atoms with van der Waals surface area (Å²) >= 11 is 1.20. The van der Waals surface area contributed by atoms with E-state index < -0.39 is 10.0 Å². The highest BCUT2D eigenvalue weighted by molar-refractivity contribution is 7.91. The predicted molar refractivity (Wildman–Crippen MR) is 75.0 cm³/mol. The van der Waals surface area contributed by atoms with Gasteiger partial charge in [-0.15, -0.1) is 11.3 Å². The average Bonchev–Trinajstić information content (AvgIpc) is 3.18. The number of rotatable bonds is 4. The van der Waals surface area contributed by atoms with E-state index in [1.54, 1.807) is 11.4 Å². The van der Waals surface area contributed by atoms with Gasteiger partial charge in [0.25, 0.3) is 10.0 Å². The number of thiophene rings is 1. The Kier molecular flexibility index (Phi) is 3.61. The first-order valence-electron chi connectivity index (χ1n) is 6.53. The molecule has 0 N–H and O–H groups in total. The third-order valence-corrected chi connectivity index (χ3v) is 6.58. The highest BCUT2D eigenvalue weighted by atomic mass is 32.2. The Hall–Kier alpha value is -1.25. The molecule has 0 spiro atoms. The zero-order chi connectivity index (χ0) is 14.2. The van der Waals surface area contributed by atoms with Gasteiger partial charge >= 0.3 is 0 Å². The summed E-state index contributed by atoms with van der Waals surface area (Å²) < 4.78 is 31.8. The maximum absolute atomic E-state index is 12.4. The largest absolute Gasteiger partial charge is 0.339 e. The van der Waals surface area contributed by atoms with Crippen molar-refractivity contribution in [2.24, 2.45) is 0 Å². The van der Waals surface area contributed by atoms with Gasteiger partial charge in [-0.3, -0.25) is 0 Å². The standard InChI is InChI=1S/C12H15N3O3S2/c1-2-10-13-12(14-18-10)9-7-11(19-8-9)20(16,17)15-5-3-4-6-15/h7-8H,2-6H2,1H3. The van der Waals surface area contributed by atoms with Gasteiger partial charge in [-0.1, -0.05) is 12.1 Å². The molecule has 2 aromatic rings. The molecule has 0 bridgehead atoms. The first-order chi connectivity index (χ1) is 9.61. The van der Waals surface area contributed by atoms with Crippen LogP contribution in [-0.2, 0) is 16.4 Å². The summed E-state index contributed by atoms with van der Waals surface area (Å²) in [5.41, 5.74) is 0.691. The molecule has 8 heteroatoms. The Labute approximate surface area is 121 Å². The van der Waals surface area contributed by atoms with Crippen molar-refractivity contribution in [2.75, 3.05) is 13.1 Å². The molecule has 0 saturated carbocycles. The van der Waals surface area contributed by atoms with Crippen molar-refractivity contribution in [3.63, 3.8) is 0 Å². The zero-order valence-electron chi connectivity index (χ0n) is 11.1. The van der Waals surface area contributed by atoms with Gasteiger partial charge in [-0.25, -0.2) is 8.42 Å². The summed E-state index contributed by atoms with van der Waals surface area (Å²) in [5, 5.41) is 5.62. The molecule has 1 saturated heterocycles. The van der Waals surface area contributed by atoms with Crippen molar-refractivity contribution in [1.82, 2.24) is 14.4 Å². The minimum absolute atomic E-state index is 0.345. The number of nitrogens with zero attached hydrogens (tertiary/aromatic N) is 3. The topological polar surface area (TPSA) is 76.3 Å². The highest BCUT2D eigenvalue weighted by Crippen LogP contribution is 2.30. The fourth-order valence-corrected chi connectivity index (χ4v) is 4.97. The maximum Gasteiger partial charge on any atom is 0.252 e. The molecule has 1 aliphatic heterocycles. The van der Waals surface area contributed by atoms with E-state index in [0.717, 1.165) is 12.8 Å². The van der Waals surface area contributed by atoms with E-state index in [9.17, 15) is 8.42 Å². The first kappa shape index (κ1) is 13.7. The lowest BCUT2D eigenvalue weighted by Crippen LogP contribution is -2.27. The third-order valence-electron chi connectivity index (χ3n) is 3.26. The van der Waals surface area contributed by atoms with Crippen molar-refractivity contribution in [3.05, 3.63) is 17.3 Å². The summed E-state index contributed by atoms with van der Waals surface area (Å²) in [4.78, 5) is 4.21. The Morgan fingerprint density at radius 3 is 2.80 bits per heavy atom. The molecule has 3 rings (SSSR count). The van der Waals surface area contributed by atoms with Gasteiger partial charge in [0.2, 0.25) is 11.7 Å². The van der Waals surface area contributed by atoms with Crippen LogP contribution in [0.5, 0.6) is 0 Å². The molecule has 108 valence electrons. The van der Waals surface area contributed by atoms with Gasteiger partial charge in [-0.05, 0) is 18.9 Å². The van der Waals surface area contributed by atoms with Gasteiger partial charge in [0.05, 0.1) is 0 Å². The lowest BCUT2D eigenvalue weighted by atomic mass is 10.3. The van der Waals surface area contributed by atoms with Crippen LogP contribution in [0.2, 0.25) is 0 Å². The molecule has 6 nitrogen and oxygen atoms in total. The summed E-state index contributed by atoms with van der Waals surface area (Å²) in [7, 11) is -3.36. The molecular weight excluding hydrogens is 298 g/mol. The third kappa shape index (κ3) is 2.38. The Balaban J connectivity index is 1.89. The SMILES string of the molecule is CCc1nc(-c2csc(S(=O)(=O)N3CCCC3)c2)no1. The molecule has 0 aliphatic carbocycles. The lowest BCUT2D eigenvalue weighted by Gasteiger charge is -2.13. The van der Waals surface area contributed by atoms with Crippen molar-refractivity contribution in [2.45, 2.75) is 30.4 Å². The maximum atomic E-state index is 12.4. The van der Waals surface area contributed by atoms with E-state index in [4.69, 9.17) is 4.52 Å². The van der Waals surface area contributed by atoms with Crippen LogP contribution in [0, 0.1) is 0 Å². The van der Waals surface area contributed by atoms with E-state index in [1.807, 2.05) is 6.92 Å². The second kappa shape index (κ2) is 5.27.